The van der Waals surface area contributed by atoms with Crippen LogP contribution in [0.25, 0.3) is 49.7 Å². The second-order valence-corrected chi connectivity index (χ2v) is 21.8. The molecule has 11 aromatic carbocycles. The van der Waals surface area contributed by atoms with Crippen LogP contribution in [0.4, 0.5) is 34.1 Å². The minimum atomic E-state index is -2.80. The van der Waals surface area contributed by atoms with Gasteiger partial charge >= 0.3 is 0 Å². The quantitative estimate of drug-likeness (QED) is 0.134. The molecule has 1 aliphatic rings. The molecule has 13 rings (SSSR count). The molecule has 0 aliphatic carbocycles. The van der Waals surface area contributed by atoms with E-state index in [2.05, 4.69) is 299 Å². The maximum Gasteiger partial charge on any atom is 0.184 e. The van der Waals surface area contributed by atoms with Crippen LogP contribution < -0.4 is 30.5 Å². The van der Waals surface area contributed by atoms with E-state index in [4.69, 9.17) is 0 Å². The third-order valence-corrected chi connectivity index (χ3v) is 19.1. The van der Waals surface area contributed by atoms with Gasteiger partial charge in [0.1, 0.15) is 0 Å². The molecule has 0 unspecified atom stereocenters. The van der Waals surface area contributed by atoms with Crippen LogP contribution in [0.2, 0.25) is 0 Å². The number of para-hydroxylation sites is 4. The molecule has 0 radical (unpaired) electrons. The van der Waals surface area contributed by atoms with Crippen molar-refractivity contribution in [3.05, 3.63) is 285 Å². The molecule has 70 heavy (non-hydrogen) atoms. The topological polar surface area (TPSA) is 11.4 Å². The molecule has 0 fully saturated rings. The molecule has 0 bridgehead atoms. The van der Waals surface area contributed by atoms with Gasteiger partial charge in [-0.2, -0.15) is 0 Å². The Morgan fingerprint density at radius 3 is 1.27 bits per heavy atom. The Bertz CT molecular complexity index is 3700. The Labute approximate surface area is 410 Å². The van der Waals surface area contributed by atoms with Gasteiger partial charge < -0.3 is 14.4 Å². The summed E-state index contributed by atoms with van der Waals surface area (Å²) in [6, 6.07) is 105. The Morgan fingerprint density at radius 2 is 0.700 bits per heavy atom. The molecular weight excluding hydrogens is 863 g/mol. The lowest BCUT2D eigenvalue weighted by atomic mass is 10.0. The predicted molar refractivity (Wildman–Crippen MR) is 298 cm³/mol. The normalized spacial score (nSPS) is 12.7. The Kier molecular flexibility index (Phi) is 10.2. The Balaban J connectivity index is 0.939. The number of hydrogen-bond donors (Lipinski definition) is 0. The minimum Gasteiger partial charge on any atom is -0.311 e. The van der Waals surface area contributed by atoms with Crippen LogP contribution in [0.3, 0.4) is 0 Å². The molecule has 0 amide bonds. The highest BCUT2D eigenvalue weighted by molar-refractivity contribution is 7.21. The van der Waals surface area contributed by atoms with E-state index in [9.17, 15) is 0 Å². The maximum absolute atomic E-state index is 2.80. The zero-order valence-electron chi connectivity index (χ0n) is 38.5. The zero-order valence-corrected chi connectivity index (χ0v) is 39.5. The van der Waals surface area contributed by atoms with Crippen molar-refractivity contribution in [2.24, 2.45) is 0 Å². The second-order valence-electron chi connectivity index (χ2n) is 18.1. The zero-order chi connectivity index (χ0) is 46.4. The summed E-state index contributed by atoms with van der Waals surface area (Å²) >= 11 is 0. The number of hydrogen-bond acceptors (Lipinski definition) is 2. The average molecular weight is 910 g/mol. The highest BCUT2D eigenvalue weighted by Crippen LogP contribution is 2.42. The summed E-state index contributed by atoms with van der Waals surface area (Å²) in [4.78, 5) is 4.86. The summed E-state index contributed by atoms with van der Waals surface area (Å²) in [5.74, 6) is 0. The van der Waals surface area contributed by atoms with Gasteiger partial charge in [-0.25, -0.2) is 0 Å². The molecule has 12 aromatic rings. The smallest absolute Gasteiger partial charge is 0.184 e. The van der Waals surface area contributed by atoms with E-state index in [1.54, 1.807) is 0 Å². The van der Waals surface area contributed by atoms with Crippen LogP contribution in [0.1, 0.15) is 0 Å². The molecule has 1 aromatic heterocycles. The van der Waals surface area contributed by atoms with Crippen LogP contribution in [0.5, 0.6) is 0 Å². The number of fused-ring (bicyclic) bond motifs is 5. The van der Waals surface area contributed by atoms with Gasteiger partial charge in [0.15, 0.2) is 8.07 Å². The number of aromatic nitrogens is 1. The van der Waals surface area contributed by atoms with Crippen molar-refractivity contribution in [3.63, 3.8) is 0 Å². The highest BCUT2D eigenvalue weighted by Gasteiger charge is 2.48. The van der Waals surface area contributed by atoms with Gasteiger partial charge in [-0.15, -0.1) is 0 Å². The number of benzene rings is 11. The molecule has 1 aliphatic heterocycles. The molecule has 330 valence electrons. The van der Waals surface area contributed by atoms with Gasteiger partial charge in [0.25, 0.3) is 0 Å². The van der Waals surface area contributed by atoms with Gasteiger partial charge in [-0.3, -0.25) is 0 Å². The molecular formula is C66H47N3Si. The van der Waals surface area contributed by atoms with Crippen LogP contribution >= 0.6 is 0 Å². The molecule has 0 spiro atoms. The fourth-order valence-corrected chi connectivity index (χ4v) is 16.2. The van der Waals surface area contributed by atoms with Crippen molar-refractivity contribution in [2.45, 2.75) is 0 Å². The average Bonchev–Trinajstić information content (AvgIpc) is 3.78. The number of rotatable bonds is 9. The van der Waals surface area contributed by atoms with E-state index in [1.807, 2.05) is 0 Å². The summed E-state index contributed by atoms with van der Waals surface area (Å²) in [7, 11) is -2.80. The lowest BCUT2D eigenvalue weighted by Gasteiger charge is -2.45. The van der Waals surface area contributed by atoms with Crippen LogP contribution in [0.15, 0.2) is 285 Å². The third-order valence-electron chi connectivity index (χ3n) is 14.3. The minimum absolute atomic E-state index is 1.08. The first-order chi connectivity index (χ1) is 34.7. The van der Waals surface area contributed by atoms with Crippen molar-refractivity contribution < 1.29 is 0 Å². The van der Waals surface area contributed by atoms with E-state index in [0.29, 0.717) is 0 Å². The largest absolute Gasteiger partial charge is 0.311 e. The van der Waals surface area contributed by atoms with E-state index in [1.165, 1.54) is 70.6 Å². The maximum atomic E-state index is 2.49. The first-order valence-corrected chi connectivity index (χ1v) is 26.1. The second kappa shape index (κ2) is 17.3. The lowest BCUT2D eigenvalue weighted by Crippen LogP contribution is -2.77. The van der Waals surface area contributed by atoms with Crippen molar-refractivity contribution in [2.75, 3.05) is 9.80 Å². The lowest BCUT2D eigenvalue weighted by molar-refractivity contribution is 1.17. The fraction of sp³-hybridized carbons (Fsp3) is 0. The van der Waals surface area contributed by atoms with Crippen LogP contribution in [-0.2, 0) is 0 Å². The van der Waals surface area contributed by atoms with Crippen molar-refractivity contribution in [1.29, 1.82) is 0 Å². The molecule has 4 heteroatoms. The van der Waals surface area contributed by atoms with E-state index in [0.717, 1.165) is 34.0 Å². The van der Waals surface area contributed by atoms with E-state index < -0.39 is 8.07 Å². The van der Waals surface area contributed by atoms with Gasteiger partial charge in [0, 0.05) is 50.6 Å². The van der Waals surface area contributed by atoms with Gasteiger partial charge in [0.2, 0.25) is 0 Å². The van der Waals surface area contributed by atoms with Gasteiger partial charge in [0.05, 0.1) is 11.0 Å². The SMILES string of the molecule is c1ccc(-c2ccc(N(c3ccc(-c4ccc5c(c4)N(c4ccccc4)c4ccccc4[Si]5(c4ccccc4)c4ccccc4)cc3)c3ccc(-n4c5ccccc5c5ccccc54)cc3)cc2)cc1. The van der Waals surface area contributed by atoms with Crippen molar-refractivity contribution >= 4 is 84.8 Å². The first kappa shape index (κ1) is 41.2. The number of anilines is 6. The van der Waals surface area contributed by atoms with E-state index in [-0.39, 0.29) is 0 Å². The highest BCUT2D eigenvalue weighted by atomic mass is 28.3. The first-order valence-electron chi connectivity index (χ1n) is 24.1. The molecule has 0 atom stereocenters. The van der Waals surface area contributed by atoms with Crippen molar-refractivity contribution in [3.8, 4) is 27.9 Å². The fourth-order valence-electron chi connectivity index (χ4n) is 11.1. The standard InChI is InChI=1S/C66H47N3Si/c1-5-19-48(20-6-1)49-33-38-53(39-34-49)67(55-42-44-56(45-43-55)68-61-29-15-13-27-59(61)60-28-14-16-30-62(60)68)54-40-35-50(36-41-54)51-37-46-66-64(47-51)69(52-21-7-2-8-22-52)63-31-17-18-32-65(63)70(66,57-23-9-3-10-24-57)58-25-11-4-12-26-58/h1-47H. The molecule has 3 nitrogen and oxygen atoms in total. The molecule has 0 N–H and O–H groups in total. The Morgan fingerprint density at radius 1 is 0.286 bits per heavy atom. The summed E-state index contributed by atoms with van der Waals surface area (Å²) in [6.07, 6.45) is 0. The molecule has 2 heterocycles. The van der Waals surface area contributed by atoms with Gasteiger partial charge in [-0.1, -0.05) is 200 Å². The van der Waals surface area contributed by atoms with Gasteiger partial charge in [-0.05, 0) is 128 Å². The van der Waals surface area contributed by atoms with E-state index >= 15 is 0 Å². The third kappa shape index (κ3) is 6.80. The van der Waals surface area contributed by atoms with Crippen LogP contribution in [-0.4, -0.2) is 12.6 Å². The summed E-state index contributed by atoms with van der Waals surface area (Å²) in [5.41, 5.74) is 15.1. The molecule has 0 saturated carbocycles. The van der Waals surface area contributed by atoms with Crippen LogP contribution in [0, 0.1) is 0 Å². The summed E-state index contributed by atoms with van der Waals surface area (Å²) < 4.78 is 2.38. The summed E-state index contributed by atoms with van der Waals surface area (Å²) in [6.45, 7) is 0. The number of nitrogens with zero attached hydrogens (tertiary/aromatic N) is 3. The summed E-state index contributed by atoms with van der Waals surface area (Å²) in [5, 5.41) is 8.03. The Hall–Kier alpha value is -8.96. The monoisotopic (exact) mass is 909 g/mol. The molecule has 0 saturated heterocycles. The predicted octanol–water partition coefficient (Wildman–Crippen LogP) is 14.7. The van der Waals surface area contributed by atoms with Crippen molar-refractivity contribution in [1.82, 2.24) is 4.57 Å².